The van der Waals surface area contributed by atoms with Gasteiger partial charge in [-0.15, -0.1) is 0 Å². The summed E-state index contributed by atoms with van der Waals surface area (Å²) in [6.07, 6.45) is 6.62. The fraction of sp³-hybridized carbons (Fsp3) is 0.667. The average Bonchev–Trinajstić information content (AvgIpc) is 2.39. The third-order valence-corrected chi connectivity index (χ3v) is 5.79. The smallest absolute Gasteiger partial charge is 0.0485 e. The van der Waals surface area contributed by atoms with Crippen molar-refractivity contribution in [1.82, 2.24) is 0 Å². The molecule has 20 heavy (non-hydrogen) atoms. The van der Waals surface area contributed by atoms with Crippen molar-refractivity contribution in [2.45, 2.75) is 64.0 Å². The summed E-state index contributed by atoms with van der Waals surface area (Å²) < 4.78 is 12.3. The van der Waals surface area contributed by atoms with Gasteiger partial charge in [0.1, 0.15) is 0 Å². The molecule has 1 atom stereocenters. The second-order valence-corrected chi connectivity index (χ2v) is 8.70. The third-order valence-electron chi connectivity index (χ3n) is 4.29. The van der Waals surface area contributed by atoms with Crippen LogP contribution in [0.25, 0.3) is 0 Å². The van der Waals surface area contributed by atoms with Gasteiger partial charge in [0.2, 0.25) is 0 Å². The lowest BCUT2D eigenvalue weighted by atomic mass is 9.87. The molecule has 1 aromatic rings. The van der Waals surface area contributed by atoms with Crippen LogP contribution in [0, 0.1) is 5.92 Å². The van der Waals surface area contributed by atoms with Crippen molar-refractivity contribution in [3.63, 3.8) is 0 Å². The minimum atomic E-state index is -0.696. The third kappa shape index (κ3) is 4.73. The Morgan fingerprint density at radius 1 is 1.05 bits per heavy atom. The molecule has 1 aromatic carbocycles. The lowest BCUT2D eigenvalue weighted by Crippen LogP contribution is -2.15. The molecule has 0 aromatic heterocycles. The second-order valence-electron chi connectivity index (χ2n) is 7.20. The minimum Gasteiger partial charge on any atom is -0.259 e. The summed E-state index contributed by atoms with van der Waals surface area (Å²) in [6, 6.07) is 8.68. The highest BCUT2D eigenvalue weighted by Crippen LogP contribution is 2.25. The number of benzene rings is 1. The van der Waals surface area contributed by atoms with E-state index in [9.17, 15) is 4.21 Å². The van der Waals surface area contributed by atoms with Crippen LogP contribution in [0.2, 0.25) is 0 Å². The Kier molecular flexibility index (Phi) is 5.42. The van der Waals surface area contributed by atoms with E-state index in [0.29, 0.717) is 5.92 Å². The van der Waals surface area contributed by atoms with Crippen LogP contribution < -0.4 is 0 Å². The van der Waals surface area contributed by atoms with Gasteiger partial charge >= 0.3 is 0 Å². The summed E-state index contributed by atoms with van der Waals surface area (Å²) in [4.78, 5) is 0. The molecule has 0 saturated heterocycles. The van der Waals surface area contributed by atoms with E-state index in [0.717, 1.165) is 11.5 Å². The van der Waals surface area contributed by atoms with Gasteiger partial charge in [0.05, 0.1) is 0 Å². The molecule has 1 aliphatic rings. The van der Waals surface area contributed by atoms with E-state index in [1.807, 2.05) is 0 Å². The van der Waals surface area contributed by atoms with Crippen LogP contribution in [0.1, 0.15) is 64.0 Å². The predicted molar refractivity (Wildman–Crippen MR) is 88.4 cm³/mol. The zero-order valence-electron chi connectivity index (χ0n) is 13.2. The van der Waals surface area contributed by atoms with E-state index in [4.69, 9.17) is 0 Å². The molecule has 1 saturated carbocycles. The number of hydrogen-bond acceptors (Lipinski definition) is 1. The van der Waals surface area contributed by atoms with E-state index >= 15 is 0 Å². The first-order chi connectivity index (χ1) is 9.45. The topological polar surface area (TPSA) is 17.1 Å². The highest BCUT2D eigenvalue weighted by atomic mass is 32.2. The molecule has 1 unspecified atom stereocenters. The van der Waals surface area contributed by atoms with Crippen LogP contribution in [-0.2, 0) is 22.0 Å². The summed E-state index contributed by atoms with van der Waals surface area (Å²) in [5.74, 6) is 2.33. The van der Waals surface area contributed by atoms with Crippen molar-refractivity contribution in [2.24, 2.45) is 5.92 Å². The van der Waals surface area contributed by atoms with E-state index in [-0.39, 0.29) is 5.41 Å². The molecule has 0 bridgehead atoms. The molecule has 1 nitrogen and oxygen atoms in total. The first-order valence-corrected chi connectivity index (χ1v) is 9.38. The quantitative estimate of drug-likeness (QED) is 0.778. The number of rotatable bonds is 4. The molecule has 2 rings (SSSR count). The highest BCUT2D eigenvalue weighted by molar-refractivity contribution is 7.84. The van der Waals surface area contributed by atoms with Crippen molar-refractivity contribution >= 4 is 10.8 Å². The molecule has 0 aliphatic heterocycles. The van der Waals surface area contributed by atoms with Gasteiger partial charge in [-0.05, 0) is 35.3 Å². The molecular formula is C18H28OS. The first-order valence-electron chi connectivity index (χ1n) is 7.89. The largest absolute Gasteiger partial charge is 0.259 e. The Hall–Kier alpha value is -0.630. The second kappa shape index (κ2) is 6.89. The average molecular weight is 292 g/mol. The van der Waals surface area contributed by atoms with Crippen LogP contribution in [0.15, 0.2) is 24.3 Å². The Balaban J connectivity index is 1.87. The fourth-order valence-corrected chi connectivity index (χ4v) is 4.50. The minimum absolute atomic E-state index is 0.194. The van der Waals surface area contributed by atoms with Gasteiger partial charge in [0, 0.05) is 22.3 Å². The summed E-state index contributed by atoms with van der Waals surface area (Å²) in [5.41, 5.74) is 2.76. The molecule has 1 aliphatic carbocycles. The van der Waals surface area contributed by atoms with E-state index in [1.165, 1.54) is 43.2 Å². The molecule has 0 amide bonds. The molecule has 0 N–H and O–H groups in total. The van der Waals surface area contributed by atoms with Gasteiger partial charge in [-0.2, -0.15) is 0 Å². The molecular weight excluding hydrogens is 264 g/mol. The van der Waals surface area contributed by atoms with Gasteiger partial charge in [0.15, 0.2) is 0 Å². The maximum atomic E-state index is 12.3. The van der Waals surface area contributed by atoms with Gasteiger partial charge in [-0.1, -0.05) is 64.3 Å². The summed E-state index contributed by atoms with van der Waals surface area (Å²) in [6.45, 7) is 6.68. The molecule has 112 valence electrons. The Labute approximate surface area is 126 Å². The Morgan fingerprint density at radius 2 is 1.65 bits per heavy atom. The summed E-state index contributed by atoms with van der Waals surface area (Å²) in [7, 11) is -0.696. The van der Waals surface area contributed by atoms with Gasteiger partial charge in [0.25, 0.3) is 0 Å². The molecule has 0 spiro atoms. The molecule has 2 heteroatoms. The van der Waals surface area contributed by atoms with Crippen LogP contribution in [0.5, 0.6) is 0 Å². The SMILES string of the molecule is CC(C)(C)c1ccc(CS(=O)CC2CCCCC2)cc1. The van der Waals surface area contributed by atoms with Crippen molar-refractivity contribution in [1.29, 1.82) is 0 Å². The van der Waals surface area contributed by atoms with Gasteiger partial charge < -0.3 is 0 Å². The molecule has 0 radical (unpaired) electrons. The van der Waals surface area contributed by atoms with E-state index in [2.05, 4.69) is 45.0 Å². The van der Waals surface area contributed by atoms with Gasteiger partial charge in [-0.25, -0.2) is 0 Å². The zero-order valence-corrected chi connectivity index (χ0v) is 14.0. The van der Waals surface area contributed by atoms with E-state index < -0.39 is 10.8 Å². The van der Waals surface area contributed by atoms with Crippen LogP contribution >= 0.6 is 0 Å². The van der Waals surface area contributed by atoms with Crippen LogP contribution in [0.4, 0.5) is 0 Å². The van der Waals surface area contributed by atoms with Crippen molar-refractivity contribution in [3.05, 3.63) is 35.4 Å². The van der Waals surface area contributed by atoms with Crippen molar-refractivity contribution in [2.75, 3.05) is 5.75 Å². The van der Waals surface area contributed by atoms with Crippen molar-refractivity contribution < 1.29 is 4.21 Å². The molecule has 0 heterocycles. The molecule has 1 fully saturated rings. The Morgan fingerprint density at radius 3 is 2.20 bits per heavy atom. The summed E-state index contributed by atoms with van der Waals surface area (Å²) >= 11 is 0. The highest BCUT2D eigenvalue weighted by Gasteiger charge is 2.17. The standard InChI is InChI=1S/C18H28OS/c1-18(2,3)17-11-9-16(10-12-17)14-20(19)13-15-7-5-4-6-8-15/h9-12,15H,4-8,13-14H2,1-3H3. The lowest BCUT2D eigenvalue weighted by Gasteiger charge is -2.21. The van der Waals surface area contributed by atoms with E-state index in [1.54, 1.807) is 0 Å². The normalized spacial score (nSPS) is 18.9. The fourth-order valence-electron chi connectivity index (χ4n) is 2.96. The van der Waals surface area contributed by atoms with Crippen LogP contribution in [0.3, 0.4) is 0 Å². The lowest BCUT2D eigenvalue weighted by molar-refractivity contribution is 0.388. The number of hydrogen-bond donors (Lipinski definition) is 0. The zero-order chi connectivity index (χ0) is 14.6. The Bertz CT molecular complexity index is 435. The van der Waals surface area contributed by atoms with Crippen LogP contribution in [-0.4, -0.2) is 9.96 Å². The first kappa shape index (κ1) is 15.8. The van der Waals surface area contributed by atoms with Gasteiger partial charge in [-0.3, -0.25) is 4.21 Å². The summed E-state index contributed by atoms with van der Waals surface area (Å²) in [5, 5.41) is 0. The maximum absolute atomic E-state index is 12.3. The predicted octanol–water partition coefficient (Wildman–Crippen LogP) is 4.81. The maximum Gasteiger partial charge on any atom is 0.0485 e. The van der Waals surface area contributed by atoms with Crippen molar-refractivity contribution in [3.8, 4) is 0 Å². The monoisotopic (exact) mass is 292 g/mol.